The molecule has 2 aromatic carbocycles. The number of hydrogen-bond acceptors (Lipinski definition) is 5. The fourth-order valence-electron chi connectivity index (χ4n) is 4.71. The van der Waals surface area contributed by atoms with Crippen LogP contribution in [0, 0.1) is 6.92 Å². The fraction of sp³-hybridized carbons (Fsp3) is 0.500. The molecular weight excluding hydrogens is 406 g/mol. The van der Waals surface area contributed by atoms with Gasteiger partial charge in [0.15, 0.2) is 0 Å². The van der Waals surface area contributed by atoms with Crippen LogP contribution >= 0.6 is 0 Å². The molecule has 0 amide bonds. The van der Waals surface area contributed by atoms with Crippen molar-refractivity contribution in [3.8, 4) is 16.9 Å². The Balaban J connectivity index is 1.66. The van der Waals surface area contributed by atoms with E-state index in [1.807, 2.05) is 25.1 Å². The maximum Gasteiger partial charge on any atom is 0.329 e. The van der Waals surface area contributed by atoms with Crippen LogP contribution in [0.4, 0.5) is 5.69 Å². The lowest BCUT2D eigenvalue weighted by Crippen LogP contribution is -2.50. The van der Waals surface area contributed by atoms with Gasteiger partial charge in [-0.25, -0.2) is 4.79 Å². The number of anilines is 1. The second-order valence-corrected chi connectivity index (χ2v) is 8.90. The summed E-state index contributed by atoms with van der Waals surface area (Å²) in [6, 6.07) is 12.3. The Hall–Kier alpha value is -2.57. The first-order valence-corrected chi connectivity index (χ1v) is 11.5. The molecule has 0 aromatic heterocycles. The quantitative estimate of drug-likeness (QED) is 0.591. The smallest absolute Gasteiger partial charge is 0.329 e. The highest BCUT2D eigenvalue weighted by molar-refractivity contribution is 5.83. The summed E-state index contributed by atoms with van der Waals surface area (Å²) in [6.45, 7) is 3.41. The number of ether oxygens (including phenoxy) is 3. The number of benzene rings is 2. The Bertz CT molecular complexity index is 945. The van der Waals surface area contributed by atoms with Crippen LogP contribution in [0.2, 0.25) is 0 Å². The lowest BCUT2D eigenvalue weighted by atomic mass is 9.89. The van der Waals surface area contributed by atoms with Gasteiger partial charge in [0.25, 0.3) is 0 Å². The molecule has 0 radical (unpaired) electrons. The van der Waals surface area contributed by atoms with Crippen LogP contribution in [0.3, 0.4) is 0 Å². The van der Waals surface area contributed by atoms with Gasteiger partial charge in [-0.2, -0.15) is 0 Å². The molecule has 1 saturated carbocycles. The third-order valence-electron chi connectivity index (χ3n) is 6.74. The van der Waals surface area contributed by atoms with E-state index in [1.165, 1.54) is 12.8 Å². The summed E-state index contributed by atoms with van der Waals surface area (Å²) in [5.74, 6) is 0.0105. The van der Waals surface area contributed by atoms with Crippen molar-refractivity contribution in [3.63, 3.8) is 0 Å². The van der Waals surface area contributed by atoms with Crippen LogP contribution in [-0.2, 0) is 20.9 Å². The first-order chi connectivity index (χ1) is 15.5. The maximum atomic E-state index is 12.1. The van der Waals surface area contributed by atoms with Gasteiger partial charge in [0.05, 0.1) is 19.8 Å². The molecule has 0 spiro atoms. The van der Waals surface area contributed by atoms with E-state index in [-0.39, 0.29) is 0 Å². The third kappa shape index (κ3) is 4.92. The number of methoxy groups -OCH3 is 1. The second-order valence-electron chi connectivity index (χ2n) is 8.90. The Morgan fingerprint density at radius 1 is 1.16 bits per heavy atom. The molecule has 32 heavy (non-hydrogen) atoms. The molecule has 1 aliphatic heterocycles. The van der Waals surface area contributed by atoms with Crippen molar-refractivity contribution in [2.75, 3.05) is 25.6 Å². The van der Waals surface area contributed by atoms with E-state index in [0.29, 0.717) is 38.8 Å². The average molecular weight is 440 g/mol. The standard InChI is InChI=1S/C26H33NO5/c1-18-7-8-19(16-24(18)30-2)23-10-9-21(15-20(23)17-32-22-5-3-4-6-22)27-26(25(28)29)11-13-31-14-12-26/h7-10,15-16,22,27H,3-6,11-14,17H2,1-2H3,(H,28,29). The molecule has 0 atom stereocenters. The summed E-state index contributed by atoms with van der Waals surface area (Å²) in [7, 11) is 1.68. The van der Waals surface area contributed by atoms with Crippen molar-refractivity contribution < 1.29 is 24.1 Å². The molecule has 2 fully saturated rings. The number of carboxylic acid groups (broad SMARTS) is 1. The number of nitrogens with one attached hydrogen (secondary N) is 1. The van der Waals surface area contributed by atoms with Crippen molar-refractivity contribution in [1.29, 1.82) is 0 Å². The van der Waals surface area contributed by atoms with E-state index in [2.05, 4.69) is 23.5 Å². The van der Waals surface area contributed by atoms with Gasteiger partial charge in [0, 0.05) is 31.7 Å². The SMILES string of the molecule is COc1cc(-c2ccc(NC3(C(=O)O)CCOCC3)cc2COC2CCCC2)ccc1C. The topological polar surface area (TPSA) is 77.0 Å². The molecule has 2 N–H and O–H groups in total. The molecule has 0 unspecified atom stereocenters. The normalized spacial score (nSPS) is 18.4. The molecule has 1 heterocycles. The minimum Gasteiger partial charge on any atom is -0.496 e. The molecule has 172 valence electrons. The summed E-state index contributed by atoms with van der Waals surface area (Å²) < 4.78 is 17.2. The Morgan fingerprint density at radius 2 is 1.91 bits per heavy atom. The van der Waals surface area contributed by atoms with Crippen LogP contribution in [0.5, 0.6) is 5.75 Å². The summed E-state index contributed by atoms with van der Waals surface area (Å²) in [5, 5.41) is 13.2. The summed E-state index contributed by atoms with van der Waals surface area (Å²) >= 11 is 0. The molecule has 0 bridgehead atoms. The fourth-order valence-corrected chi connectivity index (χ4v) is 4.71. The molecular formula is C26H33NO5. The van der Waals surface area contributed by atoms with Crippen molar-refractivity contribution in [2.24, 2.45) is 0 Å². The van der Waals surface area contributed by atoms with Gasteiger partial charge in [-0.1, -0.05) is 31.0 Å². The Morgan fingerprint density at radius 3 is 2.59 bits per heavy atom. The molecule has 2 aromatic rings. The number of aliphatic carboxylic acids is 1. The van der Waals surface area contributed by atoms with E-state index >= 15 is 0 Å². The van der Waals surface area contributed by atoms with Gasteiger partial charge < -0.3 is 24.6 Å². The highest BCUT2D eigenvalue weighted by atomic mass is 16.5. The number of carbonyl (C=O) groups is 1. The van der Waals surface area contributed by atoms with Crippen molar-refractivity contribution in [1.82, 2.24) is 0 Å². The first kappa shape index (κ1) is 22.6. The highest BCUT2D eigenvalue weighted by Crippen LogP contribution is 2.34. The van der Waals surface area contributed by atoms with Crippen LogP contribution < -0.4 is 10.1 Å². The summed E-state index contributed by atoms with van der Waals surface area (Å²) in [4.78, 5) is 12.1. The number of rotatable bonds is 8. The van der Waals surface area contributed by atoms with Crippen molar-refractivity contribution >= 4 is 11.7 Å². The molecule has 2 aliphatic rings. The first-order valence-electron chi connectivity index (χ1n) is 11.5. The van der Waals surface area contributed by atoms with Crippen LogP contribution in [0.15, 0.2) is 36.4 Å². The average Bonchev–Trinajstić information content (AvgIpc) is 3.32. The van der Waals surface area contributed by atoms with Gasteiger partial charge in [-0.05, 0) is 60.2 Å². The minimum atomic E-state index is -1.00. The monoisotopic (exact) mass is 439 g/mol. The zero-order chi connectivity index (χ0) is 22.6. The van der Waals surface area contributed by atoms with E-state index < -0.39 is 11.5 Å². The van der Waals surface area contributed by atoms with Gasteiger partial charge in [-0.3, -0.25) is 0 Å². The van der Waals surface area contributed by atoms with Crippen molar-refractivity contribution in [2.45, 2.75) is 63.7 Å². The Labute approximate surface area is 189 Å². The number of hydrogen-bond donors (Lipinski definition) is 2. The van der Waals surface area contributed by atoms with Gasteiger partial charge in [0.1, 0.15) is 11.3 Å². The molecule has 6 heteroatoms. The Kier molecular flexibility index (Phi) is 7.01. The summed E-state index contributed by atoms with van der Waals surface area (Å²) in [5.41, 5.74) is 4.05. The van der Waals surface area contributed by atoms with Crippen LogP contribution in [0.25, 0.3) is 11.1 Å². The lowest BCUT2D eigenvalue weighted by molar-refractivity contribution is -0.145. The predicted octanol–water partition coefficient (Wildman–Crippen LogP) is 5.18. The van der Waals surface area contributed by atoms with E-state index in [1.54, 1.807) is 7.11 Å². The largest absolute Gasteiger partial charge is 0.496 e. The van der Waals surface area contributed by atoms with E-state index in [0.717, 1.165) is 46.5 Å². The lowest BCUT2D eigenvalue weighted by Gasteiger charge is -2.35. The molecule has 4 rings (SSSR count). The van der Waals surface area contributed by atoms with Crippen LogP contribution in [-0.4, -0.2) is 43.0 Å². The van der Waals surface area contributed by atoms with E-state index in [4.69, 9.17) is 14.2 Å². The van der Waals surface area contributed by atoms with Gasteiger partial charge >= 0.3 is 5.97 Å². The number of aryl methyl sites for hydroxylation is 1. The maximum absolute atomic E-state index is 12.1. The predicted molar refractivity (Wildman–Crippen MR) is 124 cm³/mol. The number of carboxylic acids is 1. The summed E-state index contributed by atoms with van der Waals surface area (Å²) in [6.07, 6.45) is 5.82. The third-order valence-corrected chi connectivity index (χ3v) is 6.74. The van der Waals surface area contributed by atoms with Crippen LogP contribution in [0.1, 0.15) is 49.7 Å². The second kappa shape index (κ2) is 9.92. The highest BCUT2D eigenvalue weighted by Gasteiger charge is 2.40. The van der Waals surface area contributed by atoms with Gasteiger partial charge in [0.2, 0.25) is 0 Å². The molecule has 1 aliphatic carbocycles. The minimum absolute atomic E-state index is 0.299. The molecule has 6 nitrogen and oxygen atoms in total. The van der Waals surface area contributed by atoms with Crippen molar-refractivity contribution in [3.05, 3.63) is 47.5 Å². The van der Waals surface area contributed by atoms with Gasteiger partial charge in [-0.15, -0.1) is 0 Å². The zero-order valence-corrected chi connectivity index (χ0v) is 19.0. The van der Waals surface area contributed by atoms with E-state index in [9.17, 15) is 9.90 Å². The zero-order valence-electron chi connectivity index (χ0n) is 19.0. The molecule has 1 saturated heterocycles.